The van der Waals surface area contributed by atoms with Crippen molar-refractivity contribution >= 4 is 0 Å². The van der Waals surface area contributed by atoms with Crippen molar-refractivity contribution < 1.29 is 0 Å². The summed E-state index contributed by atoms with van der Waals surface area (Å²) in [6.45, 7) is 12.8. The van der Waals surface area contributed by atoms with Crippen molar-refractivity contribution in [3.05, 3.63) is 107 Å². The molecule has 0 bridgehead atoms. The molecular weight excluding hydrogens is 384 g/mol. The monoisotopic (exact) mass is 420 g/mol. The zero-order valence-corrected chi connectivity index (χ0v) is 20.5. The molecule has 32 heavy (non-hydrogen) atoms. The first-order valence-electron chi connectivity index (χ1n) is 11.3. The first-order chi connectivity index (χ1) is 15.1. The van der Waals surface area contributed by atoms with Crippen LogP contribution in [0, 0.1) is 34.5 Å². The second-order valence-electron chi connectivity index (χ2n) is 10.0. The van der Waals surface area contributed by atoms with Gasteiger partial charge in [-0.2, -0.15) is 0 Å². The van der Waals surface area contributed by atoms with Gasteiger partial charge in [0.15, 0.2) is 0 Å². The van der Waals surface area contributed by atoms with Gasteiger partial charge in [0.25, 0.3) is 0 Å². The molecule has 0 aromatic heterocycles. The third kappa shape index (κ3) is 10.7. The van der Waals surface area contributed by atoms with Gasteiger partial charge >= 0.3 is 0 Å². The molecular formula is C32H36. The van der Waals surface area contributed by atoms with Crippen LogP contribution in [0.15, 0.2) is 96.1 Å². The molecule has 0 aliphatic rings. The van der Waals surface area contributed by atoms with E-state index in [1.165, 1.54) is 11.1 Å². The minimum absolute atomic E-state index is 0.0746. The topological polar surface area (TPSA) is 0 Å². The molecule has 0 amide bonds. The van der Waals surface area contributed by atoms with Crippen LogP contribution in [0.1, 0.15) is 52.7 Å². The van der Waals surface area contributed by atoms with E-state index in [1.54, 1.807) is 0 Å². The predicted octanol–water partition coefficient (Wildman–Crippen LogP) is 7.98. The van der Waals surface area contributed by atoms with Crippen LogP contribution in [0.25, 0.3) is 0 Å². The predicted molar refractivity (Wildman–Crippen MR) is 140 cm³/mol. The molecule has 0 nitrogen and oxygen atoms in total. The lowest BCUT2D eigenvalue weighted by Crippen LogP contribution is -2.01. The van der Waals surface area contributed by atoms with E-state index in [4.69, 9.17) is 0 Å². The quantitative estimate of drug-likeness (QED) is 0.328. The Morgan fingerprint density at radius 1 is 0.594 bits per heavy atom. The van der Waals surface area contributed by atoms with Crippen molar-refractivity contribution in [3.8, 4) is 23.7 Å². The first-order valence-corrected chi connectivity index (χ1v) is 11.3. The molecule has 0 aliphatic carbocycles. The van der Waals surface area contributed by atoms with Crippen molar-refractivity contribution in [3.63, 3.8) is 0 Å². The number of hydrogen-bond donors (Lipinski definition) is 0. The number of allylic oxidation sites excluding steroid dienone is 6. The van der Waals surface area contributed by atoms with Crippen LogP contribution in [0.2, 0.25) is 0 Å². The van der Waals surface area contributed by atoms with Gasteiger partial charge in [0.1, 0.15) is 0 Å². The van der Waals surface area contributed by atoms with Gasteiger partial charge < -0.3 is 0 Å². The van der Waals surface area contributed by atoms with Crippen molar-refractivity contribution in [2.24, 2.45) is 10.8 Å². The minimum atomic E-state index is -0.0746. The number of rotatable bonds is 6. The average Bonchev–Trinajstić information content (AvgIpc) is 2.73. The molecule has 0 N–H and O–H groups in total. The minimum Gasteiger partial charge on any atom is -0.0919 e. The second-order valence-corrected chi connectivity index (χ2v) is 10.0. The van der Waals surface area contributed by atoms with E-state index < -0.39 is 0 Å². The Morgan fingerprint density at radius 2 is 0.938 bits per heavy atom. The molecule has 0 spiro atoms. The Balaban J connectivity index is 2.44. The summed E-state index contributed by atoms with van der Waals surface area (Å²) in [5.41, 5.74) is 4.36. The molecule has 0 saturated carbocycles. The summed E-state index contributed by atoms with van der Waals surface area (Å²) in [4.78, 5) is 0. The second kappa shape index (κ2) is 12.0. The van der Waals surface area contributed by atoms with Crippen LogP contribution in [0.5, 0.6) is 0 Å². The molecule has 2 aromatic carbocycles. The van der Waals surface area contributed by atoms with Crippen molar-refractivity contribution in [2.75, 3.05) is 0 Å². The lowest BCUT2D eigenvalue weighted by Gasteiger charge is -2.09. The number of benzene rings is 2. The standard InChI is InChI=1S/C32H36/c1-31(2,3)25-23-29(21-13-19-27-15-9-7-10-16-27)30(24-26-32(4,5)6)22-14-20-28-17-11-8-12-18-28/h7-18,21-22H,19-20H2,1-6H3/b21-13+,22-14+,30-29+. The Bertz CT molecular complexity index is 966. The maximum Gasteiger partial charge on any atom is 0.0398 e. The highest BCUT2D eigenvalue weighted by Gasteiger charge is 2.06. The fraction of sp³-hybridized carbons (Fsp3) is 0.312. The maximum absolute atomic E-state index is 3.42. The molecule has 2 aromatic rings. The Kier molecular flexibility index (Phi) is 9.38. The summed E-state index contributed by atoms with van der Waals surface area (Å²) in [7, 11) is 0. The van der Waals surface area contributed by atoms with Crippen molar-refractivity contribution in [1.29, 1.82) is 0 Å². The molecule has 0 unspecified atom stereocenters. The summed E-state index contributed by atoms with van der Waals surface area (Å²) in [5.74, 6) is 13.6. The highest BCUT2D eigenvalue weighted by molar-refractivity contribution is 5.55. The van der Waals surface area contributed by atoms with Gasteiger partial charge in [-0.1, -0.05) is 96.5 Å². The van der Waals surface area contributed by atoms with Crippen LogP contribution in [-0.2, 0) is 12.8 Å². The van der Waals surface area contributed by atoms with Gasteiger partial charge in [-0.15, -0.1) is 0 Å². The number of hydrogen-bond acceptors (Lipinski definition) is 0. The van der Waals surface area contributed by atoms with E-state index in [1.807, 2.05) is 12.1 Å². The third-order valence-corrected chi connectivity index (χ3v) is 4.40. The largest absolute Gasteiger partial charge is 0.0919 e. The third-order valence-electron chi connectivity index (χ3n) is 4.40. The SMILES string of the molecule is CC(C)(C)C#CC(/C=C/Cc1ccccc1)=C(C#CC(C)(C)C)\C=C\Cc1ccccc1. The fourth-order valence-corrected chi connectivity index (χ4v) is 2.76. The summed E-state index contributed by atoms with van der Waals surface area (Å²) < 4.78 is 0. The van der Waals surface area contributed by atoms with Gasteiger partial charge in [0.05, 0.1) is 0 Å². The molecule has 0 aliphatic heterocycles. The zero-order valence-electron chi connectivity index (χ0n) is 20.5. The lowest BCUT2D eigenvalue weighted by molar-refractivity contribution is 0.570. The molecule has 2 rings (SSSR count). The summed E-state index contributed by atoms with van der Waals surface area (Å²) in [6, 6.07) is 21.0. The maximum atomic E-state index is 3.42. The van der Waals surface area contributed by atoms with E-state index in [0.717, 1.165) is 24.0 Å². The van der Waals surface area contributed by atoms with Crippen molar-refractivity contribution in [2.45, 2.75) is 54.4 Å². The van der Waals surface area contributed by atoms with E-state index >= 15 is 0 Å². The van der Waals surface area contributed by atoms with Crippen LogP contribution in [0.3, 0.4) is 0 Å². The molecule has 0 saturated heterocycles. The van der Waals surface area contributed by atoms with E-state index in [0.29, 0.717) is 0 Å². The van der Waals surface area contributed by atoms with Crippen LogP contribution in [-0.4, -0.2) is 0 Å². The van der Waals surface area contributed by atoms with Gasteiger partial charge in [-0.05, 0) is 77.7 Å². The smallest absolute Gasteiger partial charge is 0.0398 e. The van der Waals surface area contributed by atoms with Crippen LogP contribution < -0.4 is 0 Å². The summed E-state index contributed by atoms with van der Waals surface area (Å²) in [5, 5.41) is 0. The molecule has 164 valence electrons. The normalized spacial score (nSPS) is 12.7. The van der Waals surface area contributed by atoms with E-state index in [2.05, 4.69) is 138 Å². The molecule has 0 radical (unpaired) electrons. The highest BCUT2D eigenvalue weighted by Crippen LogP contribution is 2.16. The lowest BCUT2D eigenvalue weighted by atomic mass is 9.95. The van der Waals surface area contributed by atoms with Crippen LogP contribution >= 0.6 is 0 Å². The van der Waals surface area contributed by atoms with E-state index in [9.17, 15) is 0 Å². The van der Waals surface area contributed by atoms with Crippen molar-refractivity contribution in [1.82, 2.24) is 0 Å². The molecule has 0 heteroatoms. The van der Waals surface area contributed by atoms with Gasteiger partial charge in [0, 0.05) is 22.0 Å². The van der Waals surface area contributed by atoms with E-state index in [-0.39, 0.29) is 10.8 Å². The fourth-order valence-electron chi connectivity index (χ4n) is 2.76. The molecule has 0 fully saturated rings. The Labute approximate surface area is 196 Å². The zero-order chi connectivity index (χ0) is 23.5. The first kappa shape index (κ1) is 25.0. The Morgan fingerprint density at radius 3 is 1.25 bits per heavy atom. The van der Waals surface area contributed by atoms with Gasteiger partial charge in [-0.25, -0.2) is 0 Å². The average molecular weight is 421 g/mol. The van der Waals surface area contributed by atoms with Gasteiger partial charge in [-0.3, -0.25) is 0 Å². The summed E-state index contributed by atoms with van der Waals surface area (Å²) >= 11 is 0. The highest BCUT2D eigenvalue weighted by atomic mass is 14.1. The van der Waals surface area contributed by atoms with Gasteiger partial charge in [0.2, 0.25) is 0 Å². The molecule has 0 atom stereocenters. The van der Waals surface area contributed by atoms with Crippen LogP contribution in [0.4, 0.5) is 0 Å². The molecule has 0 heterocycles. The summed E-state index contributed by atoms with van der Waals surface area (Å²) in [6.07, 6.45) is 10.4. The Hall–Kier alpha value is -3.22.